The molecule has 2 rings (SSSR count). The number of nitrogens with zero attached hydrogens (tertiary/aromatic N) is 3. The van der Waals surface area contributed by atoms with Gasteiger partial charge in [-0.05, 0) is 44.8 Å². The zero-order valence-corrected chi connectivity index (χ0v) is 13.2. The van der Waals surface area contributed by atoms with E-state index in [1.54, 1.807) is 0 Å². The van der Waals surface area contributed by atoms with E-state index in [0.717, 1.165) is 58.3 Å². The molecule has 0 radical (unpaired) electrons. The van der Waals surface area contributed by atoms with Crippen LogP contribution in [0.4, 0.5) is 0 Å². The van der Waals surface area contributed by atoms with Crippen molar-refractivity contribution in [3.8, 4) is 0 Å². The van der Waals surface area contributed by atoms with Crippen LogP contribution in [0, 0.1) is 5.41 Å². The second kappa shape index (κ2) is 7.07. The van der Waals surface area contributed by atoms with Crippen LogP contribution in [0.5, 0.6) is 0 Å². The highest BCUT2D eigenvalue weighted by molar-refractivity contribution is 5.74. The van der Waals surface area contributed by atoms with Crippen molar-refractivity contribution >= 4 is 5.97 Å². The first-order chi connectivity index (χ1) is 10.1. The number of hydrogen-bond acceptors (Lipinski definition) is 3. The molecular weight excluding hydrogens is 266 g/mol. The van der Waals surface area contributed by atoms with E-state index in [9.17, 15) is 9.90 Å². The van der Waals surface area contributed by atoms with Gasteiger partial charge in [0.05, 0.1) is 11.1 Å². The largest absolute Gasteiger partial charge is 0.481 e. The van der Waals surface area contributed by atoms with Crippen molar-refractivity contribution in [2.75, 3.05) is 13.1 Å². The van der Waals surface area contributed by atoms with Crippen molar-refractivity contribution in [1.29, 1.82) is 0 Å². The molecule has 1 N–H and O–H groups in total. The summed E-state index contributed by atoms with van der Waals surface area (Å²) in [4.78, 5) is 14.0. The fourth-order valence-electron chi connectivity index (χ4n) is 3.33. The number of likely N-dealkylation sites (tertiary alicyclic amines) is 1. The van der Waals surface area contributed by atoms with Crippen LogP contribution in [0.25, 0.3) is 0 Å². The molecule has 0 aliphatic carbocycles. The Bertz CT molecular complexity index is 462. The standard InChI is InChI=1S/C16H27N3O2/c1-3-6-16(15(20)21)7-11-18(12-8-16)13-14-5-9-17-19(14)10-4-2/h5,9H,3-4,6-8,10-13H2,1-2H3,(H,20,21). The number of carboxylic acids is 1. The maximum Gasteiger partial charge on any atom is 0.309 e. The topological polar surface area (TPSA) is 58.4 Å². The second-order valence-electron chi connectivity index (χ2n) is 6.16. The molecule has 1 aromatic heterocycles. The third kappa shape index (κ3) is 3.64. The summed E-state index contributed by atoms with van der Waals surface area (Å²) in [7, 11) is 0. The first-order valence-electron chi connectivity index (χ1n) is 8.07. The molecule has 0 saturated carbocycles. The van der Waals surface area contributed by atoms with Crippen LogP contribution < -0.4 is 0 Å². The van der Waals surface area contributed by atoms with E-state index in [0.29, 0.717) is 0 Å². The monoisotopic (exact) mass is 293 g/mol. The van der Waals surface area contributed by atoms with Crippen LogP contribution in [0.1, 0.15) is 51.6 Å². The van der Waals surface area contributed by atoms with Gasteiger partial charge in [0.2, 0.25) is 0 Å². The van der Waals surface area contributed by atoms with Gasteiger partial charge in [0.15, 0.2) is 0 Å². The summed E-state index contributed by atoms with van der Waals surface area (Å²) in [6, 6.07) is 2.07. The maximum absolute atomic E-state index is 11.6. The van der Waals surface area contributed by atoms with Gasteiger partial charge in [0.1, 0.15) is 0 Å². The van der Waals surface area contributed by atoms with E-state index in [1.165, 1.54) is 5.69 Å². The minimum absolute atomic E-state index is 0.491. The van der Waals surface area contributed by atoms with Crippen molar-refractivity contribution in [3.63, 3.8) is 0 Å². The number of carbonyl (C=O) groups is 1. The molecule has 0 amide bonds. The second-order valence-corrected chi connectivity index (χ2v) is 6.16. The molecule has 2 heterocycles. The predicted molar refractivity (Wildman–Crippen MR) is 82.0 cm³/mol. The first kappa shape index (κ1) is 16.0. The lowest BCUT2D eigenvalue weighted by molar-refractivity contribution is -0.152. The third-order valence-corrected chi connectivity index (χ3v) is 4.62. The zero-order chi connectivity index (χ0) is 15.3. The fourth-order valence-corrected chi connectivity index (χ4v) is 3.33. The summed E-state index contributed by atoms with van der Waals surface area (Å²) in [5.41, 5.74) is 0.740. The molecule has 1 aromatic rings. The third-order valence-electron chi connectivity index (χ3n) is 4.62. The quantitative estimate of drug-likeness (QED) is 0.840. The Morgan fingerprint density at radius 2 is 2.05 bits per heavy atom. The van der Waals surface area contributed by atoms with Gasteiger partial charge in [-0.1, -0.05) is 20.3 Å². The average Bonchev–Trinajstić information content (AvgIpc) is 2.89. The summed E-state index contributed by atoms with van der Waals surface area (Å²) in [5.74, 6) is -0.611. The van der Waals surface area contributed by atoms with E-state index >= 15 is 0 Å². The highest BCUT2D eigenvalue weighted by atomic mass is 16.4. The maximum atomic E-state index is 11.6. The Morgan fingerprint density at radius 1 is 1.33 bits per heavy atom. The van der Waals surface area contributed by atoms with E-state index in [-0.39, 0.29) is 0 Å². The van der Waals surface area contributed by atoms with Crippen molar-refractivity contribution < 1.29 is 9.90 Å². The fraction of sp³-hybridized carbons (Fsp3) is 0.750. The number of carboxylic acid groups (broad SMARTS) is 1. The molecule has 21 heavy (non-hydrogen) atoms. The highest BCUT2D eigenvalue weighted by Gasteiger charge is 2.40. The molecule has 1 fully saturated rings. The Labute approximate surface area is 126 Å². The van der Waals surface area contributed by atoms with E-state index in [4.69, 9.17) is 0 Å². The van der Waals surface area contributed by atoms with Gasteiger partial charge in [0.25, 0.3) is 0 Å². The van der Waals surface area contributed by atoms with Gasteiger partial charge in [-0.25, -0.2) is 0 Å². The molecule has 0 bridgehead atoms. The van der Waals surface area contributed by atoms with Crippen LogP contribution in [0.3, 0.4) is 0 Å². The summed E-state index contributed by atoms with van der Waals surface area (Å²) in [5, 5.41) is 13.9. The lowest BCUT2D eigenvalue weighted by Gasteiger charge is -2.38. The van der Waals surface area contributed by atoms with Crippen molar-refractivity contribution in [3.05, 3.63) is 18.0 Å². The molecule has 0 spiro atoms. The molecule has 0 aromatic carbocycles. The SMILES string of the molecule is CCCn1nccc1CN1CCC(CCC)(C(=O)O)CC1. The van der Waals surface area contributed by atoms with Gasteiger partial charge in [0, 0.05) is 19.3 Å². The smallest absolute Gasteiger partial charge is 0.309 e. The summed E-state index contributed by atoms with van der Waals surface area (Å²) in [6.45, 7) is 7.78. The minimum Gasteiger partial charge on any atom is -0.481 e. The highest BCUT2D eigenvalue weighted by Crippen LogP contribution is 2.36. The number of hydrogen-bond donors (Lipinski definition) is 1. The molecule has 1 aliphatic rings. The molecule has 0 atom stereocenters. The molecule has 5 heteroatoms. The lowest BCUT2D eigenvalue weighted by Crippen LogP contribution is -2.44. The number of piperidine rings is 1. The molecule has 0 unspecified atom stereocenters. The predicted octanol–water partition coefficient (Wildman–Crippen LogP) is 2.76. The van der Waals surface area contributed by atoms with Gasteiger partial charge in [-0.2, -0.15) is 5.10 Å². The van der Waals surface area contributed by atoms with Crippen LogP contribution in [0.2, 0.25) is 0 Å². The van der Waals surface area contributed by atoms with Gasteiger partial charge in [-0.15, -0.1) is 0 Å². The van der Waals surface area contributed by atoms with Crippen LogP contribution in [0.15, 0.2) is 12.3 Å². The molecular formula is C16H27N3O2. The normalized spacial score (nSPS) is 18.8. The first-order valence-corrected chi connectivity index (χ1v) is 8.07. The molecule has 1 saturated heterocycles. The average molecular weight is 293 g/mol. The Morgan fingerprint density at radius 3 is 2.62 bits per heavy atom. The van der Waals surface area contributed by atoms with Gasteiger partial charge >= 0.3 is 5.97 Å². The van der Waals surface area contributed by atoms with Crippen LogP contribution >= 0.6 is 0 Å². The number of aromatic nitrogens is 2. The van der Waals surface area contributed by atoms with Gasteiger partial charge < -0.3 is 5.11 Å². The minimum atomic E-state index is -0.611. The summed E-state index contributed by atoms with van der Waals surface area (Å²) < 4.78 is 2.06. The zero-order valence-electron chi connectivity index (χ0n) is 13.2. The molecule has 5 nitrogen and oxygen atoms in total. The van der Waals surface area contributed by atoms with Crippen LogP contribution in [-0.4, -0.2) is 38.8 Å². The number of aryl methyl sites for hydroxylation is 1. The van der Waals surface area contributed by atoms with E-state index in [2.05, 4.69) is 34.6 Å². The van der Waals surface area contributed by atoms with Crippen LogP contribution in [-0.2, 0) is 17.9 Å². The molecule has 1 aliphatic heterocycles. The molecule has 118 valence electrons. The number of rotatable bonds is 7. The Hall–Kier alpha value is -1.36. The van der Waals surface area contributed by atoms with Crippen molar-refractivity contribution in [2.24, 2.45) is 5.41 Å². The Kier molecular flexibility index (Phi) is 5.39. The summed E-state index contributed by atoms with van der Waals surface area (Å²) >= 11 is 0. The van der Waals surface area contributed by atoms with E-state index < -0.39 is 11.4 Å². The van der Waals surface area contributed by atoms with Crippen molar-refractivity contribution in [1.82, 2.24) is 14.7 Å². The summed E-state index contributed by atoms with van der Waals surface area (Å²) in [6.07, 6.45) is 6.19. The van der Waals surface area contributed by atoms with Crippen molar-refractivity contribution in [2.45, 2.75) is 59.0 Å². The lowest BCUT2D eigenvalue weighted by atomic mass is 9.75. The van der Waals surface area contributed by atoms with E-state index in [1.807, 2.05) is 6.20 Å². The van der Waals surface area contributed by atoms with Gasteiger partial charge in [-0.3, -0.25) is 14.4 Å². The Balaban J connectivity index is 1.94. The number of aliphatic carboxylic acids is 1.